The summed E-state index contributed by atoms with van der Waals surface area (Å²) in [5, 5.41) is 2.12. The minimum absolute atomic E-state index is 0.117. The smallest absolute Gasteiger partial charge is 0.269 e. The number of benzene rings is 2. The van der Waals surface area contributed by atoms with E-state index in [4.69, 9.17) is 8.61 Å². The van der Waals surface area contributed by atoms with Gasteiger partial charge in [-0.2, -0.15) is 8.42 Å². The second-order valence-electron chi connectivity index (χ2n) is 8.42. The molecule has 0 aliphatic heterocycles. The Kier molecular flexibility index (Phi) is 6.44. The highest BCUT2D eigenvalue weighted by Crippen LogP contribution is 2.36. The molecule has 0 spiro atoms. The summed E-state index contributed by atoms with van der Waals surface area (Å²) >= 11 is 0. The monoisotopic (exact) mass is 418 g/mol. The third-order valence-corrected chi connectivity index (χ3v) is 11.7. The van der Waals surface area contributed by atoms with Crippen LogP contribution in [-0.2, 0) is 18.7 Å². The van der Waals surface area contributed by atoms with Crippen molar-refractivity contribution in [1.82, 2.24) is 0 Å². The molecule has 0 saturated heterocycles. The van der Waals surface area contributed by atoms with Gasteiger partial charge in [-0.3, -0.25) is 4.18 Å². The Morgan fingerprint density at radius 1 is 0.929 bits per heavy atom. The lowest BCUT2D eigenvalue weighted by molar-refractivity contribution is 0.126. The van der Waals surface area contributed by atoms with Gasteiger partial charge in [-0.05, 0) is 34.7 Å². The van der Waals surface area contributed by atoms with Crippen LogP contribution in [0.5, 0.6) is 0 Å². The Morgan fingerprint density at radius 2 is 1.43 bits per heavy atom. The van der Waals surface area contributed by atoms with Crippen LogP contribution >= 0.6 is 0 Å². The first-order chi connectivity index (χ1) is 13.2. The van der Waals surface area contributed by atoms with Crippen LogP contribution in [0.25, 0.3) is 0 Å². The van der Waals surface area contributed by atoms with Crippen molar-refractivity contribution in [1.29, 1.82) is 0 Å². The zero-order valence-corrected chi connectivity index (χ0v) is 18.7. The van der Waals surface area contributed by atoms with Gasteiger partial charge in [-0.15, -0.1) is 0 Å². The van der Waals surface area contributed by atoms with E-state index >= 15 is 0 Å². The lowest BCUT2D eigenvalue weighted by Gasteiger charge is -2.43. The molecule has 4 nitrogen and oxygen atoms in total. The minimum Gasteiger partial charge on any atom is -0.406 e. The van der Waals surface area contributed by atoms with Crippen LogP contribution in [0.2, 0.25) is 5.04 Å². The summed E-state index contributed by atoms with van der Waals surface area (Å²) in [4.78, 5) is 0. The fourth-order valence-electron chi connectivity index (χ4n) is 3.78. The van der Waals surface area contributed by atoms with Gasteiger partial charge in [-0.1, -0.05) is 81.4 Å². The molecule has 152 valence electrons. The van der Waals surface area contributed by atoms with E-state index in [2.05, 4.69) is 45.0 Å². The molecule has 0 aromatic heterocycles. The predicted molar refractivity (Wildman–Crippen MR) is 116 cm³/mol. The summed E-state index contributed by atoms with van der Waals surface area (Å²) < 4.78 is 36.6. The number of hydrogen-bond donors (Lipinski definition) is 0. The Balaban J connectivity index is 1.90. The third kappa shape index (κ3) is 4.57. The van der Waals surface area contributed by atoms with Gasteiger partial charge in [0, 0.05) is 0 Å². The molecule has 28 heavy (non-hydrogen) atoms. The van der Waals surface area contributed by atoms with Crippen molar-refractivity contribution >= 4 is 28.8 Å². The molecular weight excluding hydrogens is 388 g/mol. The van der Waals surface area contributed by atoms with Crippen LogP contribution in [0.3, 0.4) is 0 Å². The third-order valence-electron chi connectivity index (χ3n) is 5.40. The van der Waals surface area contributed by atoms with Crippen LogP contribution < -0.4 is 10.4 Å². The van der Waals surface area contributed by atoms with E-state index < -0.39 is 18.4 Å². The normalized spacial score (nSPS) is 16.0. The summed E-state index contributed by atoms with van der Waals surface area (Å²) in [6, 6.07) is 20.5. The van der Waals surface area contributed by atoms with Crippen LogP contribution in [-0.4, -0.2) is 35.2 Å². The highest BCUT2D eigenvalue weighted by Gasteiger charge is 2.50. The van der Waals surface area contributed by atoms with Gasteiger partial charge in [-0.25, -0.2) is 0 Å². The molecule has 6 heteroatoms. The molecule has 0 atom stereocenters. The molecule has 1 aliphatic rings. The van der Waals surface area contributed by atoms with Gasteiger partial charge >= 0.3 is 0 Å². The molecule has 1 fully saturated rings. The molecule has 2 aromatic rings. The Hall–Kier alpha value is -1.47. The summed E-state index contributed by atoms with van der Waals surface area (Å²) in [5.41, 5.74) is 0. The Morgan fingerprint density at radius 3 is 1.82 bits per heavy atom. The first kappa shape index (κ1) is 21.2. The molecule has 0 amide bonds. The quantitative estimate of drug-likeness (QED) is 0.487. The van der Waals surface area contributed by atoms with Crippen molar-refractivity contribution in [3.8, 4) is 0 Å². The largest absolute Gasteiger partial charge is 0.406 e. The average Bonchev–Trinajstić information content (AvgIpc) is 2.62. The second-order valence-corrected chi connectivity index (χ2v) is 14.4. The summed E-state index contributed by atoms with van der Waals surface area (Å²) in [5.74, 6) is -0.117. The summed E-state index contributed by atoms with van der Waals surface area (Å²) in [7, 11) is -6.28. The number of hydrogen-bond acceptors (Lipinski definition) is 4. The zero-order valence-electron chi connectivity index (χ0n) is 16.9. The molecule has 0 bridgehead atoms. The average molecular weight is 419 g/mol. The van der Waals surface area contributed by atoms with E-state index in [9.17, 15) is 8.42 Å². The lowest BCUT2D eigenvalue weighted by Crippen LogP contribution is -2.66. The van der Waals surface area contributed by atoms with Gasteiger partial charge in [0.1, 0.15) is 0 Å². The van der Waals surface area contributed by atoms with Crippen molar-refractivity contribution in [2.24, 2.45) is 0 Å². The van der Waals surface area contributed by atoms with Crippen LogP contribution in [0.4, 0.5) is 0 Å². The highest BCUT2D eigenvalue weighted by molar-refractivity contribution is 7.86. The maximum atomic E-state index is 12.4. The van der Waals surface area contributed by atoms with E-state index in [1.807, 2.05) is 36.4 Å². The first-order valence-electron chi connectivity index (χ1n) is 9.91. The van der Waals surface area contributed by atoms with Crippen molar-refractivity contribution in [2.75, 3.05) is 12.4 Å². The Labute approximate surface area is 170 Å². The SMILES string of the molecule is CC(C)(C)[Si](OCCS(=O)(=O)OC1CCC1)(c1ccccc1)c1ccccc1. The van der Waals surface area contributed by atoms with Gasteiger partial charge in [0.15, 0.2) is 0 Å². The van der Waals surface area contributed by atoms with Crippen molar-refractivity contribution in [3.05, 3.63) is 60.7 Å². The van der Waals surface area contributed by atoms with E-state index in [0.717, 1.165) is 29.6 Å². The Bertz CT molecular complexity index is 817. The van der Waals surface area contributed by atoms with Crippen molar-refractivity contribution in [3.63, 3.8) is 0 Å². The minimum atomic E-state index is -3.58. The molecule has 0 radical (unpaired) electrons. The molecule has 2 aromatic carbocycles. The summed E-state index contributed by atoms with van der Waals surface area (Å²) in [6.07, 6.45) is 2.56. The van der Waals surface area contributed by atoms with E-state index in [1.54, 1.807) is 0 Å². The fourth-order valence-corrected chi connectivity index (χ4v) is 9.48. The molecule has 0 unspecified atom stereocenters. The number of rotatable bonds is 8. The van der Waals surface area contributed by atoms with Gasteiger partial charge in [0.05, 0.1) is 18.5 Å². The molecule has 3 rings (SSSR count). The van der Waals surface area contributed by atoms with E-state index in [-0.39, 0.29) is 23.5 Å². The molecule has 1 aliphatic carbocycles. The standard InChI is InChI=1S/C22H30O4SSi/c1-22(2,3)28(20-13-6-4-7-14-20,21-15-8-5-9-16-21)25-17-18-27(23,24)26-19-11-10-12-19/h4-9,13-16,19H,10-12,17-18H2,1-3H3. The maximum absolute atomic E-state index is 12.4. The topological polar surface area (TPSA) is 52.6 Å². The van der Waals surface area contributed by atoms with Crippen molar-refractivity contribution in [2.45, 2.75) is 51.2 Å². The fraction of sp³-hybridized carbons (Fsp3) is 0.455. The lowest BCUT2D eigenvalue weighted by atomic mass is 9.97. The highest BCUT2D eigenvalue weighted by atomic mass is 32.2. The molecular formula is C22H30O4SSi. The maximum Gasteiger partial charge on any atom is 0.269 e. The van der Waals surface area contributed by atoms with Gasteiger partial charge in [0.25, 0.3) is 18.4 Å². The van der Waals surface area contributed by atoms with Crippen LogP contribution in [0.1, 0.15) is 40.0 Å². The zero-order chi connectivity index (χ0) is 20.3. The van der Waals surface area contributed by atoms with E-state index in [1.165, 1.54) is 0 Å². The molecule has 0 N–H and O–H groups in total. The molecule has 1 saturated carbocycles. The van der Waals surface area contributed by atoms with Crippen LogP contribution in [0.15, 0.2) is 60.7 Å². The second kappa shape index (κ2) is 8.49. The first-order valence-corrected chi connectivity index (χ1v) is 13.4. The van der Waals surface area contributed by atoms with Crippen molar-refractivity contribution < 1.29 is 17.0 Å². The predicted octanol–water partition coefficient (Wildman–Crippen LogP) is 3.46. The summed E-state index contributed by atoms with van der Waals surface area (Å²) in [6.45, 7) is 6.66. The van der Waals surface area contributed by atoms with Gasteiger partial charge in [0.2, 0.25) is 0 Å². The van der Waals surface area contributed by atoms with E-state index in [0.29, 0.717) is 0 Å². The van der Waals surface area contributed by atoms with Crippen LogP contribution in [0, 0.1) is 0 Å². The molecule has 0 heterocycles. The van der Waals surface area contributed by atoms with Gasteiger partial charge < -0.3 is 4.43 Å².